The maximum atomic E-state index is 11.9. The molecular weight excluding hydrogens is 368 g/mol. The number of carboxylic acid groups (broad SMARTS) is 1. The molecule has 3 aromatic carbocycles. The number of para-hydroxylation sites is 1. The summed E-state index contributed by atoms with van der Waals surface area (Å²) in [5, 5.41) is 18.4. The second-order valence-corrected chi connectivity index (χ2v) is 6.77. The van der Waals surface area contributed by atoms with Gasteiger partial charge in [0.1, 0.15) is 11.5 Å². The van der Waals surface area contributed by atoms with Gasteiger partial charge in [-0.1, -0.05) is 56.3 Å². The lowest BCUT2D eigenvalue weighted by molar-refractivity contribution is 0.0668. The van der Waals surface area contributed by atoms with Crippen LogP contribution in [0.25, 0.3) is 0 Å². The lowest BCUT2D eigenvalue weighted by Gasteiger charge is -2.07. The van der Waals surface area contributed by atoms with E-state index in [9.17, 15) is 14.7 Å². The van der Waals surface area contributed by atoms with Crippen molar-refractivity contribution in [2.24, 2.45) is 0 Å². The summed E-state index contributed by atoms with van der Waals surface area (Å²) in [4.78, 5) is 22.8. The summed E-state index contributed by atoms with van der Waals surface area (Å²) in [6.45, 7) is 6.12. The predicted molar refractivity (Wildman–Crippen MR) is 112 cm³/mol. The topological polar surface area (TPSA) is 83.8 Å². The maximum Gasteiger partial charge on any atom is 0.344 e. The molecule has 0 amide bonds. The molecule has 0 radical (unpaired) electrons. The van der Waals surface area contributed by atoms with Gasteiger partial charge in [0.15, 0.2) is 0 Å². The van der Waals surface area contributed by atoms with E-state index in [-0.39, 0.29) is 11.1 Å². The highest BCUT2D eigenvalue weighted by Crippen LogP contribution is 2.25. The fraction of sp³-hybridized carbons (Fsp3) is 0.167. The molecule has 0 unspecified atom stereocenters. The van der Waals surface area contributed by atoms with Gasteiger partial charge in [-0.15, -0.1) is 0 Å². The Kier molecular flexibility index (Phi) is 7.54. The van der Waals surface area contributed by atoms with Crippen LogP contribution in [0.4, 0.5) is 0 Å². The SMILES string of the molecule is Cc1ccc(C(C)C)c(O)c1.O=C(O)c1ccccc1C(=O)Oc1ccccc1. The normalized spacial score (nSPS) is 10.1. The zero-order valence-corrected chi connectivity index (χ0v) is 16.6. The van der Waals surface area contributed by atoms with E-state index in [1.165, 1.54) is 12.1 Å². The van der Waals surface area contributed by atoms with Crippen LogP contribution in [0.15, 0.2) is 72.8 Å². The largest absolute Gasteiger partial charge is 0.508 e. The van der Waals surface area contributed by atoms with Gasteiger partial charge >= 0.3 is 11.9 Å². The number of phenolic OH excluding ortho intramolecular Hbond substituents is 1. The third kappa shape index (κ3) is 6.21. The third-order valence-corrected chi connectivity index (χ3v) is 4.14. The molecule has 0 aliphatic heterocycles. The van der Waals surface area contributed by atoms with E-state index in [2.05, 4.69) is 13.8 Å². The lowest BCUT2D eigenvalue weighted by Crippen LogP contribution is -2.13. The monoisotopic (exact) mass is 392 g/mol. The molecule has 0 spiro atoms. The highest BCUT2D eigenvalue weighted by Gasteiger charge is 2.17. The summed E-state index contributed by atoms with van der Waals surface area (Å²) < 4.78 is 5.09. The molecule has 29 heavy (non-hydrogen) atoms. The van der Waals surface area contributed by atoms with Gasteiger partial charge in [-0.2, -0.15) is 0 Å². The van der Waals surface area contributed by atoms with Crippen molar-refractivity contribution < 1.29 is 24.5 Å². The molecule has 0 bridgehead atoms. The molecule has 5 heteroatoms. The number of phenols is 1. The number of aromatic hydroxyl groups is 1. The van der Waals surface area contributed by atoms with E-state index in [1.807, 2.05) is 19.1 Å². The number of hydrogen-bond acceptors (Lipinski definition) is 4. The van der Waals surface area contributed by atoms with Crippen molar-refractivity contribution in [3.05, 3.63) is 95.1 Å². The van der Waals surface area contributed by atoms with Crippen molar-refractivity contribution in [1.29, 1.82) is 0 Å². The first-order valence-electron chi connectivity index (χ1n) is 9.18. The molecule has 0 saturated carbocycles. The van der Waals surface area contributed by atoms with Crippen LogP contribution in [0.3, 0.4) is 0 Å². The third-order valence-electron chi connectivity index (χ3n) is 4.14. The Morgan fingerprint density at radius 2 is 1.45 bits per heavy atom. The minimum Gasteiger partial charge on any atom is -0.508 e. The second-order valence-electron chi connectivity index (χ2n) is 6.77. The quantitative estimate of drug-likeness (QED) is 0.457. The molecule has 0 saturated heterocycles. The molecule has 150 valence electrons. The minimum atomic E-state index is -1.16. The zero-order chi connectivity index (χ0) is 21.4. The molecule has 3 aromatic rings. The molecule has 0 aromatic heterocycles. The predicted octanol–water partition coefficient (Wildman–Crippen LogP) is 5.43. The summed E-state index contributed by atoms with van der Waals surface area (Å²) in [7, 11) is 0. The maximum absolute atomic E-state index is 11.9. The van der Waals surface area contributed by atoms with Gasteiger partial charge in [0.25, 0.3) is 0 Å². The van der Waals surface area contributed by atoms with Crippen LogP contribution >= 0.6 is 0 Å². The summed E-state index contributed by atoms with van der Waals surface area (Å²) in [6, 6.07) is 20.2. The van der Waals surface area contributed by atoms with Gasteiger partial charge in [-0.3, -0.25) is 0 Å². The Morgan fingerprint density at radius 3 is 2.00 bits per heavy atom. The van der Waals surface area contributed by atoms with E-state index in [0.717, 1.165) is 11.1 Å². The Labute approximate surface area is 170 Å². The van der Waals surface area contributed by atoms with E-state index in [0.29, 0.717) is 17.4 Å². The Bertz CT molecular complexity index is 978. The van der Waals surface area contributed by atoms with Crippen LogP contribution in [0.1, 0.15) is 51.6 Å². The van der Waals surface area contributed by atoms with Gasteiger partial charge < -0.3 is 14.9 Å². The second kappa shape index (κ2) is 10.1. The van der Waals surface area contributed by atoms with E-state index < -0.39 is 11.9 Å². The molecule has 0 aliphatic carbocycles. The smallest absolute Gasteiger partial charge is 0.344 e. The molecule has 0 fully saturated rings. The number of rotatable bonds is 4. The number of aryl methyl sites for hydroxylation is 1. The number of ether oxygens (including phenoxy) is 1. The number of carboxylic acids is 1. The molecule has 0 atom stereocenters. The molecule has 0 heterocycles. The first-order chi connectivity index (χ1) is 13.8. The number of esters is 1. The van der Waals surface area contributed by atoms with Crippen molar-refractivity contribution in [3.8, 4) is 11.5 Å². The number of hydrogen-bond donors (Lipinski definition) is 2. The Hall–Kier alpha value is -3.60. The number of carbonyl (C=O) groups is 2. The van der Waals surface area contributed by atoms with Crippen LogP contribution in [-0.2, 0) is 0 Å². The van der Waals surface area contributed by atoms with Gasteiger partial charge in [0.05, 0.1) is 11.1 Å². The number of aromatic carboxylic acids is 1. The van der Waals surface area contributed by atoms with E-state index >= 15 is 0 Å². The van der Waals surface area contributed by atoms with E-state index in [4.69, 9.17) is 9.84 Å². The van der Waals surface area contributed by atoms with Gasteiger partial charge in [0.2, 0.25) is 0 Å². The summed E-state index contributed by atoms with van der Waals surface area (Å²) in [6.07, 6.45) is 0. The van der Waals surface area contributed by atoms with Gasteiger partial charge in [0, 0.05) is 0 Å². The summed E-state index contributed by atoms with van der Waals surface area (Å²) in [5.41, 5.74) is 2.09. The van der Waals surface area contributed by atoms with Gasteiger partial charge in [-0.05, 0) is 54.3 Å². The van der Waals surface area contributed by atoms with Crippen LogP contribution in [-0.4, -0.2) is 22.2 Å². The Morgan fingerprint density at radius 1 is 0.862 bits per heavy atom. The van der Waals surface area contributed by atoms with Crippen LogP contribution in [0.2, 0.25) is 0 Å². The number of benzene rings is 3. The first-order valence-corrected chi connectivity index (χ1v) is 9.18. The van der Waals surface area contributed by atoms with E-state index in [1.54, 1.807) is 48.5 Å². The highest BCUT2D eigenvalue weighted by molar-refractivity contribution is 6.03. The van der Waals surface area contributed by atoms with Crippen molar-refractivity contribution in [2.75, 3.05) is 0 Å². The Balaban J connectivity index is 0.000000234. The minimum absolute atomic E-state index is 0.0360. The van der Waals surface area contributed by atoms with Crippen molar-refractivity contribution in [2.45, 2.75) is 26.7 Å². The average molecular weight is 392 g/mol. The van der Waals surface area contributed by atoms with Crippen LogP contribution < -0.4 is 4.74 Å². The van der Waals surface area contributed by atoms with Crippen LogP contribution in [0.5, 0.6) is 11.5 Å². The fourth-order valence-electron chi connectivity index (χ4n) is 2.64. The highest BCUT2D eigenvalue weighted by atomic mass is 16.5. The first kappa shape index (κ1) is 21.7. The van der Waals surface area contributed by atoms with Crippen molar-refractivity contribution >= 4 is 11.9 Å². The standard InChI is InChI=1S/C14H10O4.C10H14O/c15-13(16)11-8-4-5-9-12(11)14(17)18-10-6-2-1-3-7-10;1-7(2)9-5-4-8(3)6-10(9)11/h1-9H,(H,15,16);4-7,11H,1-3H3. The lowest BCUT2D eigenvalue weighted by atomic mass is 10.0. The molecule has 2 N–H and O–H groups in total. The van der Waals surface area contributed by atoms with Crippen LogP contribution in [0, 0.1) is 6.92 Å². The van der Waals surface area contributed by atoms with Crippen molar-refractivity contribution in [1.82, 2.24) is 0 Å². The molecule has 3 rings (SSSR count). The zero-order valence-electron chi connectivity index (χ0n) is 16.6. The summed E-state index contributed by atoms with van der Waals surface area (Å²) >= 11 is 0. The summed E-state index contributed by atoms with van der Waals surface area (Å²) in [5.74, 6) is -0.645. The van der Waals surface area contributed by atoms with Crippen molar-refractivity contribution in [3.63, 3.8) is 0 Å². The molecule has 5 nitrogen and oxygen atoms in total. The fourth-order valence-corrected chi connectivity index (χ4v) is 2.64. The molecule has 0 aliphatic rings. The molecular formula is C24H24O5. The van der Waals surface area contributed by atoms with Gasteiger partial charge in [-0.25, -0.2) is 9.59 Å². The number of carbonyl (C=O) groups excluding carboxylic acids is 1. The average Bonchev–Trinajstić information content (AvgIpc) is 2.69.